The van der Waals surface area contributed by atoms with Gasteiger partial charge in [0, 0.05) is 33.3 Å². The van der Waals surface area contributed by atoms with Gasteiger partial charge >= 0.3 is 0 Å². The van der Waals surface area contributed by atoms with Crippen LogP contribution in [0.3, 0.4) is 0 Å². The van der Waals surface area contributed by atoms with Crippen molar-refractivity contribution in [3.8, 4) is 0 Å². The van der Waals surface area contributed by atoms with E-state index < -0.39 is 0 Å². The van der Waals surface area contributed by atoms with Gasteiger partial charge in [-0.1, -0.05) is 0 Å². The molecule has 21 heavy (non-hydrogen) atoms. The van der Waals surface area contributed by atoms with Gasteiger partial charge in [-0.2, -0.15) is 5.10 Å². The van der Waals surface area contributed by atoms with E-state index in [9.17, 15) is 4.79 Å². The minimum atomic E-state index is 0.0636. The van der Waals surface area contributed by atoms with Crippen LogP contribution in [0, 0.1) is 0 Å². The topological polar surface area (TPSA) is 58.6 Å². The molecule has 114 valence electrons. The Morgan fingerprint density at radius 2 is 1.95 bits per heavy atom. The molecule has 2 aliphatic rings. The normalized spacial score (nSPS) is 18.5. The number of methoxy groups -OCH3 is 1. The summed E-state index contributed by atoms with van der Waals surface area (Å²) in [5, 5.41) is 8.76. The van der Waals surface area contributed by atoms with Gasteiger partial charge in [0.1, 0.15) is 6.61 Å². The Kier molecular flexibility index (Phi) is 4.34. The van der Waals surface area contributed by atoms with Crippen molar-refractivity contribution >= 4 is 11.7 Å². The third-order valence-electron chi connectivity index (χ3n) is 4.28. The lowest BCUT2D eigenvalue weighted by Gasteiger charge is -2.35. The Labute approximate surface area is 125 Å². The number of fused-ring (bicyclic) bond motifs is 1. The molecule has 1 fully saturated rings. The molecule has 0 spiro atoms. The first-order valence-corrected chi connectivity index (χ1v) is 7.65. The van der Waals surface area contributed by atoms with Crippen LogP contribution in [0.2, 0.25) is 0 Å². The molecule has 0 aromatic carbocycles. The van der Waals surface area contributed by atoms with Gasteiger partial charge in [0.2, 0.25) is 5.91 Å². The highest BCUT2D eigenvalue weighted by Crippen LogP contribution is 2.22. The van der Waals surface area contributed by atoms with Crippen LogP contribution in [0.25, 0.3) is 0 Å². The lowest BCUT2D eigenvalue weighted by molar-refractivity contribution is -0.135. The molecule has 1 aromatic rings. The second-order valence-corrected chi connectivity index (χ2v) is 5.68. The van der Waals surface area contributed by atoms with Crippen LogP contribution in [-0.2, 0) is 22.4 Å². The summed E-state index contributed by atoms with van der Waals surface area (Å²) in [5.74, 6) is 1.02. The number of carbonyl (C=O) groups excluding carboxylic acids is 1. The Hall–Kier alpha value is -1.69. The fraction of sp³-hybridized carbons (Fsp3) is 0.667. The zero-order valence-electron chi connectivity index (χ0n) is 12.5. The van der Waals surface area contributed by atoms with Gasteiger partial charge in [-0.3, -0.25) is 4.79 Å². The summed E-state index contributed by atoms with van der Waals surface area (Å²) in [4.78, 5) is 15.9. The fourth-order valence-electron chi connectivity index (χ4n) is 3.03. The third-order valence-corrected chi connectivity index (χ3v) is 4.28. The summed E-state index contributed by atoms with van der Waals surface area (Å²) in [7, 11) is 1.55. The first kappa shape index (κ1) is 14.3. The monoisotopic (exact) mass is 290 g/mol. The van der Waals surface area contributed by atoms with Crippen LogP contribution in [0.5, 0.6) is 0 Å². The van der Waals surface area contributed by atoms with Crippen molar-refractivity contribution in [3.05, 3.63) is 17.3 Å². The second-order valence-electron chi connectivity index (χ2n) is 5.68. The molecule has 1 aliphatic heterocycles. The van der Waals surface area contributed by atoms with E-state index in [-0.39, 0.29) is 12.5 Å². The zero-order chi connectivity index (χ0) is 14.7. The largest absolute Gasteiger partial charge is 0.375 e. The number of aryl methyl sites for hydroxylation is 2. The first-order chi connectivity index (χ1) is 10.3. The van der Waals surface area contributed by atoms with Crippen LogP contribution < -0.4 is 4.90 Å². The van der Waals surface area contributed by atoms with Gasteiger partial charge in [0.25, 0.3) is 0 Å². The highest BCUT2D eigenvalue weighted by Gasteiger charge is 2.23. The third kappa shape index (κ3) is 3.15. The lowest BCUT2D eigenvalue weighted by Crippen LogP contribution is -2.50. The molecule has 6 heteroatoms. The number of carbonyl (C=O) groups is 1. The number of amides is 1. The minimum Gasteiger partial charge on any atom is -0.375 e. The standard InChI is InChI=1S/C15H22N4O2/c1-21-11-15(20)19-8-6-18(7-9-19)14-10-12-4-2-3-5-13(12)16-17-14/h10H,2-9,11H2,1H3. The highest BCUT2D eigenvalue weighted by atomic mass is 16.5. The molecular weight excluding hydrogens is 268 g/mol. The van der Waals surface area contributed by atoms with Crippen LogP contribution in [0.1, 0.15) is 24.1 Å². The summed E-state index contributed by atoms with van der Waals surface area (Å²) < 4.78 is 4.90. The number of hydrogen-bond donors (Lipinski definition) is 0. The van der Waals surface area contributed by atoms with Crippen LogP contribution >= 0.6 is 0 Å². The average molecular weight is 290 g/mol. The van der Waals surface area contributed by atoms with Crippen molar-refractivity contribution in [2.45, 2.75) is 25.7 Å². The number of piperazine rings is 1. The zero-order valence-corrected chi connectivity index (χ0v) is 12.5. The maximum Gasteiger partial charge on any atom is 0.248 e. The quantitative estimate of drug-likeness (QED) is 0.818. The number of nitrogens with zero attached hydrogens (tertiary/aromatic N) is 4. The molecule has 1 aliphatic carbocycles. The van der Waals surface area contributed by atoms with E-state index in [1.54, 1.807) is 7.11 Å². The maximum absolute atomic E-state index is 11.8. The van der Waals surface area contributed by atoms with E-state index in [0.717, 1.165) is 44.8 Å². The van der Waals surface area contributed by atoms with Crippen LogP contribution in [-0.4, -0.2) is 60.9 Å². The highest BCUT2D eigenvalue weighted by molar-refractivity contribution is 5.77. The molecule has 0 radical (unpaired) electrons. The lowest BCUT2D eigenvalue weighted by atomic mass is 9.97. The van der Waals surface area contributed by atoms with Crippen molar-refractivity contribution < 1.29 is 9.53 Å². The van der Waals surface area contributed by atoms with Crippen molar-refractivity contribution in [3.63, 3.8) is 0 Å². The molecule has 6 nitrogen and oxygen atoms in total. The minimum absolute atomic E-state index is 0.0636. The van der Waals surface area contributed by atoms with Crippen LogP contribution in [0.15, 0.2) is 6.07 Å². The van der Waals surface area contributed by atoms with E-state index in [0.29, 0.717) is 0 Å². The molecule has 0 N–H and O–H groups in total. The molecule has 1 amide bonds. The van der Waals surface area contributed by atoms with Gasteiger partial charge in [-0.05, 0) is 37.3 Å². The molecule has 0 atom stereocenters. The number of rotatable bonds is 3. The van der Waals surface area contributed by atoms with E-state index in [1.807, 2.05) is 4.90 Å². The molecule has 2 heterocycles. The predicted molar refractivity (Wildman–Crippen MR) is 79.3 cm³/mol. The molecule has 0 bridgehead atoms. The van der Waals surface area contributed by atoms with Crippen molar-refractivity contribution in [2.75, 3.05) is 44.8 Å². The molecule has 0 unspecified atom stereocenters. The fourth-order valence-corrected chi connectivity index (χ4v) is 3.03. The number of hydrogen-bond acceptors (Lipinski definition) is 5. The van der Waals surface area contributed by atoms with Crippen molar-refractivity contribution in [1.29, 1.82) is 0 Å². The molecule has 3 rings (SSSR count). The van der Waals surface area contributed by atoms with Gasteiger partial charge in [-0.25, -0.2) is 0 Å². The van der Waals surface area contributed by atoms with E-state index >= 15 is 0 Å². The molecule has 0 saturated carbocycles. The number of aromatic nitrogens is 2. The Morgan fingerprint density at radius 1 is 1.19 bits per heavy atom. The van der Waals surface area contributed by atoms with Crippen LogP contribution in [0.4, 0.5) is 5.82 Å². The number of anilines is 1. The van der Waals surface area contributed by atoms with Gasteiger partial charge in [-0.15, -0.1) is 5.10 Å². The summed E-state index contributed by atoms with van der Waals surface area (Å²) in [5.41, 5.74) is 2.52. The van der Waals surface area contributed by atoms with E-state index in [2.05, 4.69) is 21.2 Å². The summed E-state index contributed by atoms with van der Waals surface area (Å²) >= 11 is 0. The van der Waals surface area contributed by atoms with E-state index in [4.69, 9.17) is 4.74 Å². The predicted octanol–water partition coefficient (Wildman–Crippen LogP) is 0.650. The maximum atomic E-state index is 11.8. The summed E-state index contributed by atoms with van der Waals surface area (Å²) in [6, 6.07) is 2.19. The van der Waals surface area contributed by atoms with Crippen molar-refractivity contribution in [2.24, 2.45) is 0 Å². The molecule has 1 saturated heterocycles. The Bertz CT molecular complexity index is 512. The van der Waals surface area contributed by atoms with E-state index in [1.165, 1.54) is 24.1 Å². The molecule has 1 aromatic heterocycles. The molecular formula is C15H22N4O2. The smallest absolute Gasteiger partial charge is 0.248 e. The second kappa shape index (κ2) is 6.39. The van der Waals surface area contributed by atoms with Gasteiger partial charge < -0.3 is 14.5 Å². The SMILES string of the molecule is COCC(=O)N1CCN(c2cc3c(nn2)CCCC3)CC1. The summed E-state index contributed by atoms with van der Waals surface area (Å²) in [6.07, 6.45) is 4.64. The summed E-state index contributed by atoms with van der Waals surface area (Å²) in [6.45, 7) is 3.23. The Balaban J connectivity index is 1.63. The van der Waals surface area contributed by atoms with Gasteiger partial charge in [0.05, 0.1) is 5.69 Å². The van der Waals surface area contributed by atoms with Gasteiger partial charge in [0.15, 0.2) is 5.82 Å². The number of ether oxygens (including phenoxy) is 1. The first-order valence-electron chi connectivity index (χ1n) is 7.65. The Morgan fingerprint density at radius 3 is 2.71 bits per heavy atom. The average Bonchev–Trinajstić information content (AvgIpc) is 2.55. The van der Waals surface area contributed by atoms with Crippen molar-refractivity contribution in [1.82, 2.24) is 15.1 Å².